The summed E-state index contributed by atoms with van der Waals surface area (Å²) in [5.74, 6) is 1.73. The summed E-state index contributed by atoms with van der Waals surface area (Å²) in [6.45, 7) is 10.9. The summed E-state index contributed by atoms with van der Waals surface area (Å²) in [5.41, 5.74) is 4.41. The average Bonchev–Trinajstić information content (AvgIpc) is 2.90. The zero-order valence-electron chi connectivity index (χ0n) is 23.2. The molecule has 0 saturated carbocycles. The minimum atomic E-state index is -0.418. The number of aryl methyl sites for hydroxylation is 2. The normalized spacial score (nSPS) is 12.1. The van der Waals surface area contributed by atoms with Gasteiger partial charge in [0.1, 0.15) is 11.6 Å². The van der Waals surface area contributed by atoms with E-state index >= 15 is 0 Å². The van der Waals surface area contributed by atoms with Gasteiger partial charge in [-0.05, 0) is 86.2 Å². The van der Waals surface area contributed by atoms with Crippen LogP contribution in [0.5, 0.6) is 5.75 Å². The Balaban J connectivity index is 1.82. The van der Waals surface area contributed by atoms with E-state index in [0.717, 1.165) is 34.5 Å². The van der Waals surface area contributed by atoms with Crippen LogP contribution in [0.1, 0.15) is 55.7 Å². The van der Waals surface area contributed by atoms with Gasteiger partial charge in [0, 0.05) is 6.54 Å². The van der Waals surface area contributed by atoms with E-state index in [2.05, 4.69) is 20.8 Å². The molecular weight excluding hydrogens is 474 g/mol. The first-order valence-electron chi connectivity index (χ1n) is 13.2. The number of para-hydroxylation sites is 1. The summed E-state index contributed by atoms with van der Waals surface area (Å²) < 4.78 is 6.95. The van der Waals surface area contributed by atoms with E-state index < -0.39 is 6.04 Å². The van der Waals surface area contributed by atoms with E-state index in [1.807, 2.05) is 85.5 Å². The molecule has 4 rings (SSSR count). The van der Waals surface area contributed by atoms with Gasteiger partial charge in [0.2, 0.25) is 5.91 Å². The second kappa shape index (κ2) is 11.6. The number of methoxy groups -OCH3 is 1. The van der Waals surface area contributed by atoms with Crippen LogP contribution in [0.3, 0.4) is 0 Å². The molecular formula is C32H37N3O3. The highest BCUT2D eigenvalue weighted by Gasteiger charge is 2.27. The second-order valence-electron chi connectivity index (χ2n) is 10.4. The predicted octanol–water partition coefficient (Wildman–Crippen LogP) is 6.19. The molecule has 38 heavy (non-hydrogen) atoms. The monoisotopic (exact) mass is 511 g/mol. The van der Waals surface area contributed by atoms with Crippen LogP contribution in [-0.2, 0) is 11.2 Å². The lowest BCUT2D eigenvalue weighted by Gasteiger charge is -2.31. The van der Waals surface area contributed by atoms with Crippen LogP contribution in [0.25, 0.3) is 16.6 Å². The quantitative estimate of drug-likeness (QED) is 0.269. The molecule has 0 saturated heterocycles. The maximum Gasteiger partial charge on any atom is 0.266 e. The number of benzene rings is 3. The molecule has 1 unspecified atom stereocenters. The molecule has 1 heterocycles. The number of nitrogens with zero attached hydrogens (tertiary/aromatic N) is 3. The fourth-order valence-electron chi connectivity index (χ4n) is 4.63. The lowest BCUT2D eigenvalue weighted by molar-refractivity contribution is -0.133. The number of rotatable bonds is 9. The van der Waals surface area contributed by atoms with Gasteiger partial charge in [-0.25, -0.2) is 4.98 Å². The molecule has 6 nitrogen and oxygen atoms in total. The highest BCUT2D eigenvalue weighted by molar-refractivity contribution is 5.80. The topological polar surface area (TPSA) is 64.4 Å². The number of amides is 1. The van der Waals surface area contributed by atoms with Crippen LogP contribution in [0.4, 0.5) is 0 Å². The number of aromatic nitrogens is 2. The van der Waals surface area contributed by atoms with Crippen LogP contribution in [-0.4, -0.2) is 34.0 Å². The number of fused-ring (bicyclic) bond motifs is 1. The Morgan fingerprint density at radius 1 is 0.974 bits per heavy atom. The molecule has 0 aliphatic carbocycles. The number of carbonyl (C=O) groups excluding carboxylic acids is 1. The molecule has 0 spiro atoms. The number of ether oxygens (including phenoxy) is 1. The zero-order valence-corrected chi connectivity index (χ0v) is 23.2. The van der Waals surface area contributed by atoms with Crippen molar-refractivity contribution < 1.29 is 9.53 Å². The van der Waals surface area contributed by atoms with E-state index in [1.54, 1.807) is 11.7 Å². The average molecular weight is 512 g/mol. The molecule has 1 atom stereocenters. The van der Waals surface area contributed by atoms with Crippen LogP contribution in [0.2, 0.25) is 0 Å². The SMILES string of the molecule is COc1ccc(CC(=O)N(CCC(C)C)C(C)c2nc3ccccc3c(=O)n2-c2ccc(C)c(C)c2)cc1. The Kier molecular flexibility index (Phi) is 8.30. The second-order valence-corrected chi connectivity index (χ2v) is 10.4. The molecule has 0 bridgehead atoms. The van der Waals surface area contributed by atoms with Crippen molar-refractivity contribution in [2.45, 2.75) is 53.5 Å². The van der Waals surface area contributed by atoms with E-state index in [9.17, 15) is 9.59 Å². The van der Waals surface area contributed by atoms with E-state index in [0.29, 0.717) is 29.2 Å². The first kappa shape index (κ1) is 27.1. The summed E-state index contributed by atoms with van der Waals surface area (Å²) >= 11 is 0. The Bertz CT molecular complexity index is 1490. The fourth-order valence-corrected chi connectivity index (χ4v) is 4.63. The molecule has 0 fully saturated rings. The molecule has 198 valence electrons. The lowest BCUT2D eigenvalue weighted by atomic mass is 10.1. The van der Waals surface area contributed by atoms with Crippen molar-refractivity contribution in [3.05, 3.63) is 99.6 Å². The summed E-state index contributed by atoms with van der Waals surface area (Å²) in [4.78, 5) is 34.5. The largest absolute Gasteiger partial charge is 0.497 e. The van der Waals surface area contributed by atoms with Gasteiger partial charge >= 0.3 is 0 Å². The highest BCUT2D eigenvalue weighted by Crippen LogP contribution is 2.26. The molecule has 1 aromatic heterocycles. The van der Waals surface area contributed by atoms with E-state index in [1.165, 1.54) is 0 Å². The third-order valence-electron chi connectivity index (χ3n) is 7.17. The van der Waals surface area contributed by atoms with Crippen molar-refractivity contribution in [1.82, 2.24) is 14.5 Å². The Morgan fingerprint density at radius 3 is 2.34 bits per heavy atom. The van der Waals surface area contributed by atoms with Crippen molar-refractivity contribution in [2.24, 2.45) is 5.92 Å². The molecule has 0 aliphatic rings. The molecule has 0 N–H and O–H groups in total. The molecule has 6 heteroatoms. The van der Waals surface area contributed by atoms with Gasteiger partial charge < -0.3 is 9.64 Å². The van der Waals surface area contributed by atoms with Gasteiger partial charge in [-0.1, -0.05) is 44.2 Å². The fraction of sp³-hybridized carbons (Fsp3) is 0.344. The molecule has 0 radical (unpaired) electrons. The third kappa shape index (κ3) is 5.80. The highest BCUT2D eigenvalue weighted by atomic mass is 16.5. The molecule has 0 aliphatic heterocycles. The van der Waals surface area contributed by atoms with Crippen LogP contribution in [0.15, 0.2) is 71.5 Å². The first-order valence-corrected chi connectivity index (χ1v) is 13.2. The molecule has 1 amide bonds. The van der Waals surface area contributed by atoms with Gasteiger partial charge in [0.05, 0.1) is 36.2 Å². The smallest absolute Gasteiger partial charge is 0.266 e. The maximum atomic E-state index is 13.9. The van der Waals surface area contributed by atoms with Crippen molar-refractivity contribution >= 4 is 16.8 Å². The Hall–Kier alpha value is -3.93. The standard InChI is InChI=1S/C32H37N3O3/c1-21(2)17-18-34(30(36)20-25-12-15-27(38-6)16-13-25)24(5)31-33-29-10-8-7-9-28(29)32(37)35(31)26-14-11-22(3)23(4)19-26/h7-16,19,21,24H,17-18,20H2,1-6H3. The molecule has 4 aromatic rings. The van der Waals surface area contributed by atoms with Crippen molar-refractivity contribution in [1.29, 1.82) is 0 Å². The molecule has 3 aromatic carbocycles. The number of carbonyl (C=O) groups is 1. The van der Waals surface area contributed by atoms with Gasteiger partial charge in [0.15, 0.2) is 0 Å². The zero-order chi connectivity index (χ0) is 27.4. The van der Waals surface area contributed by atoms with Crippen molar-refractivity contribution in [3.8, 4) is 11.4 Å². The predicted molar refractivity (Wildman–Crippen MR) is 153 cm³/mol. The van der Waals surface area contributed by atoms with Crippen molar-refractivity contribution in [2.75, 3.05) is 13.7 Å². The third-order valence-corrected chi connectivity index (χ3v) is 7.17. The van der Waals surface area contributed by atoms with Crippen molar-refractivity contribution in [3.63, 3.8) is 0 Å². The lowest BCUT2D eigenvalue weighted by Crippen LogP contribution is -2.39. The first-order chi connectivity index (χ1) is 18.2. The van der Waals surface area contributed by atoms with E-state index in [4.69, 9.17) is 9.72 Å². The number of hydrogen-bond acceptors (Lipinski definition) is 4. The van der Waals surface area contributed by atoms with Crippen LogP contribution >= 0.6 is 0 Å². The maximum absolute atomic E-state index is 13.9. The van der Waals surface area contributed by atoms with Crippen LogP contribution < -0.4 is 10.3 Å². The van der Waals surface area contributed by atoms with E-state index in [-0.39, 0.29) is 17.9 Å². The minimum absolute atomic E-state index is 0.00244. The summed E-state index contributed by atoms with van der Waals surface area (Å²) in [5, 5.41) is 0.556. The van der Waals surface area contributed by atoms with Gasteiger partial charge in [-0.15, -0.1) is 0 Å². The summed E-state index contributed by atoms with van der Waals surface area (Å²) in [7, 11) is 1.63. The Labute approximate surface area is 224 Å². The summed E-state index contributed by atoms with van der Waals surface area (Å²) in [6.07, 6.45) is 1.11. The van der Waals surface area contributed by atoms with Gasteiger partial charge in [-0.3, -0.25) is 14.2 Å². The van der Waals surface area contributed by atoms with Gasteiger partial charge in [0.25, 0.3) is 5.56 Å². The number of hydrogen-bond donors (Lipinski definition) is 0. The Morgan fingerprint density at radius 2 is 1.68 bits per heavy atom. The minimum Gasteiger partial charge on any atom is -0.497 e. The van der Waals surface area contributed by atoms with Crippen LogP contribution in [0, 0.1) is 19.8 Å². The summed E-state index contributed by atoms with van der Waals surface area (Å²) in [6, 6.07) is 20.5. The van der Waals surface area contributed by atoms with Gasteiger partial charge in [-0.2, -0.15) is 0 Å².